The van der Waals surface area contributed by atoms with E-state index in [1.165, 1.54) is 12.3 Å². The molecule has 7 heteroatoms. The molecule has 31 heavy (non-hydrogen) atoms. The van der Waals surface area contributed by atoms with E-state index in [1.54, 1.807) is 19.2 Å². The van der Waals surface area contributed by atoms with Gasteiger partial charge in [-0.15, -0.1) is 0 Å². The molecule has 0 saturated carbocycles. The van der Waals surface area contributed by atoms with Gasteiger partial charge in [-0.05, 0) is 65.9 Å². The average Bonchev–Trinajstić information content (AvgIpc) is 2.74. The Morgan fingerprint density at radius 3 is 2.58 bits per heavy atom. The summed E-state index contributed by atoms with van der Waals surface area (Å²) in [7, 11) is 1.59. The van der Waals surface area contributed by atoms with Gasteiger partial charge >= 0.3 is 11.6 Å². The fourth-order valence-electron chi connectivity index (χ4n) is 3.21. The van der Waals surface area contributed by atoms with Crippen molar-refractivity contribution in [1.82, 2.24) is 0 Å². The van der Waals surface area contributed by atoms with E-state index in [1.807, 2.05) is 31.2 Å². The van der Waals surface area contributed by atoms with E-state index in [-0.39, 0.29) is 13.2 Å². The van der Waals surface area contributed by atoms with Gasteiger partial charge in [0.05, 0.1) is 13.3 Å². The fourth-order valence-corrected chi connectivity index (χ4v) is 3.21. The number of esters is 1. The minimum Gasteiger partial charge on any atom is -0.497 e. The zero-order valence-corrected chi connectivity index (χ0v) is 18.0. The second kappa shape index (κ2) is 9.93. The Bertz CT molecular complexity index is 1150. The first-order valence-electron chi connectivity index (χ1n) is 9.89. The van der Waals surface area contributed by atoms with Gasteiger partial charge in [0.2, 0.25) is 6.61 Å². The topological polar surface area (TPSA) is 87.3 Å². The molecular formula is C24H25NO6. The molecule has 0 bridgehead atoms. The van der Waals surface area contributed by atoms with Crippen molar-refractivity contribution in [2.75, 3.05) is 13.7 Å². The summed E-state index contributed by atoms with van der Waals surface area (Å²) in [5.41, 5.74) is 3.56. The van der Waals surface area contributed by atoms with Crippen LogP contribution in [0.3, 0.4) is 0 Å². The number of hydrogen-bond acceptors (Lipinski definition) is 7. The molecule has 0 saturated heterocycles. The zero-order valence-electron chi connectivity index (χ0n) is 18.0. The smallest absolute Gasteiger partial charge is 0.347 e. The number of rotatable bonds is 8. The first kappa shape index (κ1) is 22.1. The van der Waals surface area contributed by atoms with Gasteiger partial charge in [-0.1, -0.05) is 19.0 Å². The monoisotopic (exact) mass is 423 g/mol. The van der Waals surface area contributed by atoms with E-state index in [9.17, 15) is 9.59 Å². The van der Waals surface area contributed by atoms with Gasteiger partial charge < -0.3 is 18.7 Å². The molecule has 162 valence electrons. The van der Waals surface area contributed by atoms with Crippen LogP contribution in [-0.4, -0.2) is 25.9 Å². The molecule has 0 amide bonds. The number of benzene rings is 2. The summed E-state index contributed by atoms with van der Waals surface area (Å²) in [5, 5.41) is 4.52. The summed E-state index contributed by atoms with van der Waals surface area (Å²) >= 11 is 0. The molecule has 3 rings (SSSR count). The van der Waals surface area contributed by atoms with E-state index in [2.05, 4.69) is 19.0 Å². The lowest BCUT2D eigenvalue weighted by Gasteiger charge is -2.13. The summed E-state index contributed by atoms with van der Waals surface area (Å²) in [5.74, 6) is 0.452. The molecule has 3 aromatic rings. The van der Waals surface area contributed by atoms with Gasteiger partial charge in [-0.25, -0.2) is 9.59 Å². The molecule has 2 aromatic carbocycles. The number of carbonyl (C=O) groups is 1. The number of nitrogens with zero attached hydrogens (tertiary/aromatic N) is 1. The lowest BCUT2D eigenvalue weighted by Crippen LogP contribution is -2.12. The third-order valence-electron chi connectivity index (χ3n) is 4.80. The predicted octanol–water partition coefficient (Wildman–Crippen LogP) is 4.33. The maximum atomic E-state index is 12.0. The summed E-state index contributed by atoms with van der Waals surface area (Å²) < 4.78 is 15.7. The number of hydrogen-bond donors (Lipinski definition) is 0. The molecule has 0 aliphatic rings. The second-order valence-electron chi connectivity index (χ2n) is 7.39. The minimum atomic E-state index is -0.593. The Hall–Kier alpha value is -3.61. The van der Waals surface area contributed by atoms with Crippen molar-refractivity contribution in [1.29, 1.82) is 0 Å². The maximum Gasteiger partial charge on any atom is 0.347 e. The lowest BCUT2D eigenvalue weighted by atomic mass is 9.95. The SMILES string of the molecule is COc1ccc(/C=N\OCC(=O)OCc2cc(=O)oc3cc(C)c(C(C)C)cc23)cc1. The maximum absolute atomic E-state index is 12.0. The van der Waals surface area contributed by atoms with Crippen LogP contribution in [0.15, 0.2) is 56.8 Å². The normalized spacial score (nSPS) is 11.3. The molecule has 1 aromatic heterocycles. The van der Waals surface area contributed by atoms with Crippen LogP contribution in [0.25, 0.3) is 11.0 Å². The third kappa shape index (κ3) is 5.72. The Morgan fingerprint density at radius 1 is 1.16 bits per heavy atom. The van der Waals surface area contributed by atoms with Crippen molar-refractivity contribution < 1.29 is 23.5 Å². The molecule has 0 aliphatic carbocycles. The Morgan fingerprint density at radius 2 is 1.90 bits per heavy atom. The quantitative estimate of drug-likeness (QED) is 0.232. The molecule has 0 N–H and O–H groups in total. The summed E-state index contributed by atoms with van der Waals surface area (Å²) in [6, 6.07) is 12.4. The summed E-state index contributed by atoms with van der Waals surface area (Å²) in [4.78, 5) is 28.9. The molecule has 0 atom stereocenters. The molecule has 7 nitrogen and oxygen atoms in total. The standard InChI is InChI=1S/C24H25NO6/c1-15(2)20-11-21-18(10-23(26)31-22(21)9-16(20)3)13-29-24(27)14-30-25-12-17-5-7-19(28-4)8-6-17/h5-12,15H,13-14H2,1-4H3/b25-12-. The van der Waals surface area contributed by atoms with Crippen LogP contribution in [0, 0.1) is 6.92 Å². The average molecular weight is 423 g/mol. The van der Waals surface area contributed by atoms with Crippen LogP contribution < -0.4 is 10.4 Å². The van der Waals surface area contributed by atoms with Crippen molar-refractivity contribution in [3.8, 4) is 5.75 Å². The molecule has 0 unspecified atom stereocenters. The third-order valence-corrected chi connectivity index (χ3v) is 4.80. The van der Waals surface area contributed by atoms with Gasteiger partial charge in [0.15, 0.2) is 0 Å². The van der Waals surface area contributed by atoms with Gasteiger partial charge in [0, 0.05) is 17.0 Å². The van der Waals surface area contributed by atoms with Gasteiger partial charge in [-0.3, -0.25) is 0 Å². The van der Waals surface area contributed by atoms with Gasteiger partial charge in [0.25, 0.3) is 0 Å². The van der Waals surface area contributed by atoms with E-state index in [0.29, 0.717) is 17.1 Å². The van der Waals surface area contributed by atoms with Crippen molar-refractivity contribution in [3.63, 3.8) is 0 Å². The number of aryl methyl sites for hydroxylation is 1. The van der Waals surface area contributed by atoms with E-state index in [0.717, 1.165) is 27.8 Å². The van der Waals surface area contributed by atoms with Crippen LogP contribution >= 0.6 is 0 Å². The first-order chi connectivity index (χ1) is 14.9. The van der Waals surface area contributed by atoms with Crippen LogP contribution in [0.2, 0.25) is 0 Å². The molecule has 0 radical (unpaired) electrons. The Balaban J connectivity index is 1.62. The van der Waals surface area contributed by atoms with Crippen LogP contribution in [0.1, 0.15) is 42.0 Å². The van der Waals surface area contributed by atoms with E-state index in [4.69, 9.17) is 18.7 Å². The summed E-state index contributed by atoms with van der Waals surface area (Å²) in [6.07, 6.45) is 1.48. The Kier molecular flexibility index (Phi) is 7.07. The van der Waals surface area contributed by atoms with Crippen molar-refractivity contribution in [2.45, 2.75) is 33.3 Å². The molecule has 1 heterocycles. The van der Waals surface area contributed by atoms with Crippen LogP contribution in [0.4, 0.5) is 0 Å². The highest BCUT2D eigenvalue weighted by Crippen LogP contribution is 2.27. The highest BCUT2D eigenvalue weighted by molar-refractivity contribution is 5.82. The van der Waals surface area contributed by atoms with Crippen molar-refractivity contribution in [2.24, 2.45) is 5.16 Å². The van der Waals surface area contributed by atoms with E-state index >= 15 is 0 Å². The molecular weight excluding hydrogens is 398 g/mol. The van der Waals surface area contributed by atoms with Gasteiger partial charge in [-0.2, -0.15) is 0 Å². The number of oxime groups is 1. The van der Waals surface area contributed by atoms with Crippen LogP contribution in [0.5, 0.6) is 5.75 Å². The second-order valence-corrected chi connectivity index (χ2v) is 7.39. The number of fused-ring (bicyclic) bond motifs is 1. The molecule has 0 aliphatic heterocycles. The van der Waals surface area contributed by atoms with Crippen LogP contribution in [-0.2, 0) is 21.0 Å². The van der Waals surface area contributed by atoms with Crippen molar-refractivity contribution >= 4 is 23.2 Å². The molecule has 0 spiro atoms. The van der Waals surface area contributed by atoms with Gasteiger partial charge in [0.1, 0.15) is 17.9 Å². The van der Waals surface area contributed by atoms with E-state index < -0.39 is 11.6 Å². The van der Waals surface area contributed by atoms with Crippen molar-refractivity contribution in [3.05, 3.63) is 75.1 Å². The number of methoxy groups -OCH3 is 1. The largest absolute Gasteiger partial charge is 0.497 e. The fraction of sp³-hybridized carbons (Fsp3) is 0.292. The predicted molar refractivity (Wildman–Crippen MR) is 118 cm³/mol. The minimum absolute atomic E-state index is 0.0624. The Labute approximate surface area is 180 Å². The number of carbonyl (C=O) groups excluding carboxylic acids is 1. The summed E-state index contributed by atoms with van der Waals surface area (Å²) in [6.45, 7) is 5.76. The highest BCUT2D eigenvalue weighted by Gasteiger charge is 2.13. The molecule has 0 fully saturated rings. The highest BCUT2D eigenvalue weighted by atomic mass is 16.6. The number of ether oxygens (including phenoxy) is 2. The zero-order chi connectivity index (χ0) is 22.4. The lowest BCUT2D eigenvalue weighted by molar-refractivity contribution is -0.150. The first-order valence-corrected chi connectivity index (χ1v) is 9.89.